The fourth-order valence-corrected chi connectivity index (χ4v) is 2.78. The molecule has 1 aliphatic heterocycles. The Morgan fingerprint density at radius 1 is 1.36 bits per heavy atom. The monoisotopic (exact) mass is 398 g/mol. The van der Waals surface area contributed by atoms with Gasteiger partial charge in [0.1, 0.15) is 23.1 Å². The van der Waals surface area contributed by atoms with Gasteiger partial charge in [-0.3, -0.25) is 15.1 Å². The number of phenols is 1. The van der Waals surface area contributed by atoms with Crippen molar-refractivity contribution >= 4 is 23.5 Å². The van der Waals surface area contributed by atoms with Gasteiger partial charge in [0, 0.05) is 18.5 Å². The Balaban J connectivity index is 1.96. The van der Waals surface area contributed by atoms with Crippen LogP contribution in [0.3, 0.4) is 0 Å². The fourth-order valence-electron chi connectivity index (χ4n) is 2.60. The Bertz CT molecular complexity index is 995. The molecule has 0 aliphatic carbocycles. The third-order valence-electron chi connectivity index (χ3n) is 4.16. The lowest BCUT2D eigenvalue weighted by atomic mass is 9.93. The summed E-state index contributed by atoms with van der Waals surface area (Å²) in [4.78, 5) is 17.2. The molecule has 3 rings (SSSR count). The third-order valence-corrected chi connectivity index (χ3v) is 4.48. The molecule has 0 fully saturated rings. The average Bonchev–Trinajstić information content (AvgIpc) is 2.65. The molecule has 0 saturated heterocycles. The molecular weight excluding hydrogens is 380 g/mol. The van der Waals surface area contributed by atoms with Crippen LogP contribution in [-0.4, -0.2) is 30.1 Å². The molecule has 0 radical (unpaired) electrons. The van der Waals surface area contributed by atoms with Gasteiger partial charge in [-0.2, -0.15) is 5.26 Å². The molecule has 0 aromatic heterocycles. The van der Waals surface area contributed by atoms with Gasteiger partial charge in [0.2, 0.25) is 0 Å². The summed E-state index contributed by atoms with van der Waals surface area (Å²) in [6, 6.07) is 11.3. The molecule has 0 saturated carbocycles. The second-order valence-corrected chi connectivity index (χ2v) is 7.52. The number of benzene rings is 2. The van der Waals surface area contributed by atoms with E-state index in [1.54, 1.807) is 24.3 Å². The molecule has 0 spiro atoms. The van der Waals surface area contributed by atoms with Gasteiger partial charge in [-0.1, -0.05) is 37.6 Å². The van der Waals surface area contributed by atoms with Crippen molar-refractivity contribution in [1.29, 1.82) is 5.26 Å². The van der Waals surface area contributed by atoms with Crippen molar-refractivity contribution < 1.29 is 14.6 Å². The van der Waals surface area contributed by atoms with E-state index in [0.717, 1.165) is 0 Å². The predicted octanol–water partition coefficient (Wildman–Crippen LogP) is 3.42. The molecule has 28 heavy (non-hydrogen) atoms. The summed E-state index contributed by atoms with van der Waals surface area (Å²) < 4.78 is 5.75. The molecule has 8 heteroatoms. The fraction of sp³-hybridized carbons (Fsp3) is 0.250. The molecule has 7 nitrogen and oxygen atoms in total. The number of guanidine groups is 1. The Hall–Kier alpha value is -3.24. The van der Waals surface area contributed by atoms with Gasteiger partial charge in [0.15, 0.2) is 11.7 Å². The first-order chi connectivity index (χ1) is 13.3. The number of hydrogen-bond acceptors (Lipinski definition) is 6. The first kappa shape index (κ1) is 19.5. The maximum absolute atomic E-state index is 12.8. The SMILES string of the molecule is CC1(C)CN=C(NC(=O)c2c(O)ccc(C#N)c2Oc2ccccc2Cl)NC1. The van der Waals surface area contributed by atoms with Crippen molar-refractivity contribution in [2.45, 2.75) is 13.8 Å². The van der Waals surface area contributed by atoms with Crippen LogP contribution in [0.4, 0.5) is 0 Å². The Morgan fingerprint density at radius 3 is 2.75 bits per heavy atom. The van der Waals surface area contributed by atoms with Gasteiger partial charge in [-0.15, -0.1) is 0 Å². The number of nitrogens with one attached hydrogen (secondary N) is 2. The van der Waals surface area contributed by atoms with Gasteiger partial charge in [0.25, 0.3) is 5.91 Å². The number of nitrogens with zero attached hydrogens (tertiary/aromatic N) is 2. The van der Waals surface area contributed by atoms with Crippen LogP contribution in [0.1, 0.15) is 29.8 Å². The third kappa shape index (κ3) is 4.18. The number of halogens is 1. The zero-order valence-corrected chi connectivity index (χ0v) is 16.2. The summed E-state index contributed by atoms with van der Waals surface area (Å²) in [6.07, 6.45) is 0. The average molecular weight is 399 g/mol. The maximum atomic E-state index is 12.8. The number of nitriles is 1. The summed E-state index contributed by atoms with van der Waals surface area (Å²) in [5, 5.41) is 25.7. The quantitative estimate of drug-likeness (QED) is 0.734. The van der Waals surface area contributed by atoms with Crippen molar-refractivity contribution in [1.82, 2.24) is 10.6 Å². The number of hydrogen-bond donors (Lipinski definition) is 3. The summed E-state index contributed by atoms with van der Waals surface area (Å²) in [7, 11) is 0. The molecule has 1 heterocycles. The van der Waals surface area contributed by atoms with Crippen LogP contribution in [0.15, 0.2) is 41.4 Å². The molecule has 1 amide bonds. The lowest BCUT2D eigenvalue weighted by Gasteiger charge is -2.29. The number of aliphatic imine (C=N–C) groups is 1. The Morgan fingerprint density at radius 2 is 2.11 bits per heavy atom. The van der Waals surface area contributed by atoms with E-state index in [0.29, 0.717) is 24.1 Å². The number of aromatic hydroxyl groups is 1. The predicted molar refractivity (Wildman–Crippen MR) is 106 cm³/mol. The van der Waals surface area contributed by atoms with Crippen LogP contribution in [0.5, 0.6) is 17.2 Å². The molecule has 2 aromatic rings. The van der Waals surface area contributed by atoms with Crippen LogP contribution in [0.2, 0.25) is 5.02 Å². The first-order valence-electron chi connectivity index (χ1n) is 8.59. The van der Waals surface area contributed by atoms with Crippen LogP contribution in [0, 0.1) is 16.7 Å². The van der Waals surface area contributed by atoms with E-state index in [4.69, 9.17) is 16.3 Å². The van der Waals surface area contributed by atoms with Crippen molar-refractivity contribution in [2.75, 3.05) is 13.1 Å². The van der Waals surface area contributed by atoms with E-state index in [2.05, 4.69) is 29.5 Å². The molecule has 0 bridgehead atoms. The van der Waals surface area contributed by atoms with Gasteiger partial charge in [-0.25, -0.2) is 0 Å². The smallest absolute Gasteiger partial charge is 0.265 e. The molecule has 1 aliphatic rings. The standard InChI is InChI=1S/C20H19ClN4O3/c1-20(2)10-23-19(24-11-20)25-18(27)16-14(26)8-7-12(9-22)17(16)28-15-6-4-3-5-13(15)21/h3-8,26H,10-11H2,1-2H3,(H2,23,24,25,27). The van der Waals surface area contributed by atoms with Crippen LogP contribution in [0.25, 0.3) is 0 Å². The van der Waals surface area contributed by atoms with Gasteiger partial charge in [0.05, 0.1) is 10.6 Å². The number of carbonyl (C=O) groups excluding carboxylic acids is 1. The molecule has 0 atom stereocenters. The topological polar surface area (TPSA) is 107 Å². The van der Waals surface area contributed by atoms with Crippen LogP contribution < -0.4 is 15.4 Å². The summed E-state index contributed by atoms with van der Waals surface area (Å²) in [5.41, 5.74) is -0.106. The number of para-hydroxylation sites is 1. The highest BCUT2D eigenvalue weighted by atomic mass is 35.5. The van der Waals surface area contributed by atoms with E-state index in [1.165, 1.54) is 12.1 Å². The van der Waals surface area contributed by atoms with Gasteiger partial charge >= 0.3 is 0 Å². The largest absolute Gasteiger partial charge is 0.507 e. The minimum absolute atomic E-state index is 0.0184. The lowest BCUT2D eigenvalue weighted by Crippen LogP contribution is -2.49. The molecule has 144 valence electrons. The summed E-state index contributed by atoms with van der Waals surface area (Å²) >= 11 is 6.12. The molecular formula is C20H19ClN4O3. The highest BCUT2D eigenvalue weighted by Gasteiger charge is 2.26. The van der Waals surface area contributed by atoms with Crippen LogP contribution in [-0.2, 0) is 0 Å². The lowest BCUT2D eigenvalue weighted by molar-refractivity contribution is 0.0969. The highest BCUT2D eigenvalue weighted by Crippen LogP contribution is 2.37. The molecule has 0 unspecified atom stereocenters. The maximum Gasteiger partial charge on any atom is 0.265 e. The summed E-state index contributed by atoms with van der Waals surface area (Å²) in [6.45, 7) is 5.29. The zero-order valence-electron chi connectivity index (χ0n) is 15.4. The zero-order chi connectivity index (χ0) is 20.3. The second-order valence-electron chi connectivity index (χ2n) is 7.12. The van der Waals surface area contributed by atoms with Gasteiger partial charge < -0.3 is 15.2 Å². The van der Waals surface area contributed by atoms with E-state index in [9.17, 15) is 15.2 Å². The number of rotatable bonds is 3. The number of carbonyl (C=O) groups is 1. The number of phenolic OH excluding ortho intramolecular Hbond substituents is 1. The van der Waals surface area contributed by atoms with Crippen molar-refractivity contribution in [3.05, 3.63) is 52.5 Å². The van der Waals surface area contributed by atoms with Gasteiger partial charge in [-0.05, 0) is 24.3 Å². The summed E-state index contributed by atoms with van der Waals surface area (Å²) in [5.74, 6) is -0.493. The number of amides is 1. The first-order valence-corrected chi connectivity index (χ1v) is 8.97. The van der Waals surface area contributed by atoms with E-state index in [-0.39, 0.29) is 33.8 Å². The van der Waals surface area contributed by atoms with Crippen LogP contribution >= 0.6 is 11.6 Å². The van der Waals surface area contributed by atoms with Crippen molar-refractivity contribution in [3.63, 3.8) is 0 Å². The minimum Gasteiger partial charge on any atom is -0.507 e. The Labute approximate surface area is 167 Å². The van der Waals surface area contributed by atoms with Crippen molar-refractivity contribution in [2.24, 2.45) is 10.4 Å². The second kappa shape index (κ2) is 7.79. The highest BCUT2D eigenvalue weighted by molar-refractivity contribution is 6.32. The van der Waals surface area contributed by atoms with E-state index < -0.39 is 5.91 Å². The minimum atomic E-state index is -0.650. The normalized spacial score (nSPS) is 15.0. The molecule has 2 aromatic carbocycles. The van der Waals surface area contributed by atoms with E-state index in [1.807, 2.05) is 6.07 Å². The van der Waals surface area contributed by atoms with E-state index >= 15 is 0 Å². The van der Waals surface area contributed by atoms with Crippen molar-refractivity contribution in [3.8, 4) is 23.3 Å². The molecule has 3 N–H and O–H groups in total. The Kier molecular flexibility index (Phi) is 5.43. The number of ether oxygens (including phenoxy) is 1.